The topological polar surface area (TPSA) is 77.9 Å². The Morgan fingerprint density at radius 2 is 1.81 bits per heavy atom. The molecule has 1 aliphatic carbocycles. The smallest absolute Gasteiger partial charge is 0.226 e. The van der Waals surface area contributed by atoms with Crippen LogP contribution in [0.25, 0.3) is 0 Å². The largest absolute Gasteiger partial charge is 0.394 e. The van der Waals surface area contributed by atoms with Crippen molar-refractivity contribution in [2.75, 3.05) is 25.4 Å². The van der Waals surface area contributed by atoms with E-state index in [1.165, 1.54) is 4.31 Å². The first kappa shape index (κ1) is 18.9. The zero-order valence-electron chi connectivity index (χ0n) is 15.8. The summed E-state index contributed by atoms with van der Waals surface area (Å²) >= 11 is 0. The first-order chi connectivity index (χ1) is 12.9. The molecule has 0 unspecified atom stereocenters. The van der Waals surface area contributed by atoms with Crippen LogP contribution in [0.15, 0.2) is 30.3 Å². The number of rotatable bonds is 5. The zero-order chi connectivity index (χ0) is 19.2. The molecule has 1 amide bonds. The fourth-order valence-electron chi connectivity index (χ4n) is 5.33. The molecule has 0 radical (unpaired) electrons. The zero-order valence-corrected chi connectivity index (χ0v) is 16.6. The van der Waals surface area contributed by atoms with Gasteiger partial charge in [-0.2, -0.15) is 4.31 Å². The Morgan fingerprint density at radius 1 is 1.19 bits per heavy atom. The van der Waals surface area contributed by atoms with Gasteiger partial charge in [0, 0.05) is 24.9 Å². The number of benzene rings is 1. The monoisotopic (exact) mass is 392 g/mol. The van der Waals surface area contributed by atoms with E-state index in [4.69, 9.17) is 0 Å². The first-order valence-corrected chi connectivity index (χ1v) is 11.5. The number of amides is 1. The molecule has 1 aromatic carbocycles. The third-order valence-electron chi connectivity index (χ3n) is 6.72. The number of nitrogens with zero attached hydrogens (tertiary/aromatic N) is 2. The molecule has 2 aliphatic heterocycles. The van der Waals surface area contributed by atoms with Crippen LogP contribution in [0.1, 0.15) is 44.1 Å². The van der Waals surface area contributed by atoms with Gasteiger partial charge in [0.05, 0.1) is 23.9 Å². The van der Waals surface area contributed by atoms with Crippen molar-refractivity contribution in [1.29, 1.82) is 0 Å². The number of aliphatic hydroxyl groups is 1. The number of hydrogen-bond acceptors (Lipinski definition) is 4. The van der Waals surface area contributed by atoms with E-state index in [2.05, 4.69) is 0 Å². The summed E-state index contributed by atoms with van der Waals surface area (Å²) in [4.78, 5) is 15.1. The van der Waals surface area contributed by atoms with Gasteiger partial charge in [0.2, 0.25) is 15.9 Å². The Bertz CT molecular complexity index is 799. The third kappa shape index (κ3) is 2.82. The molecule has 0 bridgehead atoms. The van der Waals surface area contributed by atoms with Gasteiger partial charge in [-0.15, -0.1) is 0 Å². The molecule has 0 aromatic heterocycles. The summed E-state index contributed by atoms with van der Waals surface area (Å²) in [6.07, 6.45) is 3.94. The van der Waals surface area contributed by atoms with Crippen LogP contribution < -0.4 is 0 Å². The minimum Gasteiger partial charge on any atom is -0.394 e. The fourth-order valence-corrected chi connectivity index (χ4v) is 6.54. The van der Waals surface area contributed by atoms with Crippen molar-refractivity contribution in [2.24, 2.45) is 5.92 Å². The number of aliphatic hydroxyl groups excluding tert-OH is 1. The molecule has 2 atom stereocenters. The number of likely N-dealkylation sites (tertiary alicyclic amines) is 1. The molecule has 148 valence electrons. The van der Waals surface area contributed by atoms with Crippen LogP contribution in [-0.2, 0) is 14.8 Å². The van der Waals surface area contributed by atoms with Gasteiger partial charge >= 0.3 is 0 Å². The molecule has 3 fully saturated rings. The SMILES string of the molecule is CCS(=O)(=O)N1CC2(C1)[C@H](c1ccccc1)[C@@H](CO)N2C(=O)C1CCCC1. The van der Waals surface area contributed by atoms with E-state index in [1.54, 1.807) is 6.92 Å². The number of carbonyl (C=O) groups excluding carboxylic acids is 1. The first-order valence-electron chi connectivity index (χ1n) is 9.91. The summed E-state index contributed by atoms with van der Waals surface area (Å²) in [6, 6.07) is 9.62. The van der Waals surface area contributed by atoms with E-state index in [0.717, 1.165) is 31.2 Å². The normalized spacial score (nSPS) is 28.1. The minimum absolute atomic E-state index is 0.0180. The van der Waals surface area contributed by atoms with Gasteiger partial charge in [-0.25, -0.2) is 8.42 Å². The molecule has 1 aromatic rings. The summed E-state index contributed by atoms with van der Waals surface area (Å²) in [7, 11) is -3.27. The van der Waals surface area contributed by atoms with Gasteiger partial charge in [0.1, 0.15) is 0 Å². The molecule has 1 spiro atoms. The van der Waals surface area contributed by atoms with E-state index in [0.29, 0.717) is 13.1 Å². The lowest BCUT2D eigenvalue weighted by Gasteiger charge is -2.70. The second kappa shape index (κ2) is 6.87. The lowest BCUT2D eigenvalue weighted by atomic mass is 9.61. The van der Waals surface area contributed by atoms with Crippen LogP contribution in [0, 0.1) is 5.92 Å². The third-order valence-corrected chi connectivity index (χ3v) is 8.50. The number of sulfonamides is 1. The Morgan fingerprint density at radius 3 is 2.37 bits per heavy atom. The number of carbonyl (C=O) groups is 1. The van der Waals surface area contributed by atoms with Crippen LogP contribution in [0.3, 0.4) is 0 Å². The highest BCUT2D eigenvalue weighted by molar-refractivity contribution is 7.89. The highest BCUT2D eigenvalue weighted by Crippen LogP contribution is 2.55. The van der Waals surface area contributed by atoms with Gasteiger partial charge < -0.3 is 10.0 Å². The van der Waals surface area contributed by atoms with Crippen LogP contribution >= 0.6 is 0 Å². The maximum atomic E-state index is 13.3. The standard InChI is InChI=1S/C20H28N2O4S/c1-2-27(25,26)21-13-20(14-21)18(15-8-4-3-5-9-15)17(12-23)22(20)19(24)16-10-6-7-11-16/h3-5,8-9,16-18,23H,2,6-7,10-14H2,1H3/t17-,18-/m1/s1. The van der Waals surface area contributed by atoms with Crippen molar-refractivity contribution >= 4 is 15.9 Å². The maximum Gasteiger partial charge on any atom is 0.226 e. The molecule has 2 heterocycles. The summed E-state index contributed by atoms with van der Waals surface area (Å²) in [5.41, 5.74) is 0.553. The van der Waals surface area contributed by atoms with E-state index in [9.17, 15) is 18.3 Å². The fraction of sp³-hybridized carbons (Fsp3) is 0.650. The van der Waals surface area contributed by atoms with Gasteiger partial charge in [-0.3, -0.25) is 4.79 Å². The molecule has 2 saturated heterocycles. The van der Waals surface area contributed by atoms with Crippen molar-refractivity contribution < 1.29 is 18.3 Å². The van der Waals surface area contributed by atoms with Gasteiger partial charge in [-0.05, 0) is 25.3 Å². The van der Waals surface area contributed by atoms with E-state index in [1.807, 2.05) is 35.2 Å². The molecule has 4 rings (SSSR count). The summed E-state index contributed by atoms with van der Waals surface area (Å²) in [6.45, 7) is 2.21. The van der Waals surface area contributed by atoms with Crippen molar-refractivity contribution in [3.05, 3.63) is 35.9 Å². The number of hydrogen-bond donors (Lipinski definition) is 1. The quantitative estimate of drug-likeness (QED) is 0.825. The van der Waals surface area contributed by atoms with Crippen LogP contribution in [0.2, 0.25) is 0 Å². The van der Waals surface area contributed by atoms with E-state index in [-0.39, 0.29) is 36.1 Å². The molecule has 6 nitrogen and oxygen atoms in total. The van der Waals surface area contributed by atoms with Crippen molar-refractivity contribution in [2.45, 2.75) is 50.1 Å². The molecule has 1 saturated carbocycles. The van der Waals surface area contributed by atoms with Crippen LogP contribution in [0.5, 0.6) is 0 Å². The lowest BCUT2D eigenvalue weighted by molar-refractivity contribution is -0.192. The highest BCUT2D eigenvalue weighted by Gasteiger charge is 2.69. The summed E-state index contributed by atoms with van der Waals surface area (Å²) in [5.74, 6) is 0.160. The molecule has 1 N–H and O–H groups in total. The predicted molar refractivity (Wildman–Crippen MR) is 103 cm³/mol. The van der Waals surface area contributed by atoms with Gasteiger partial charge in [0.25, 0.3) is 0 Å². The summed E-state index contributed by atoms with van der Waals surface area (Å²) in [5, 5.41) is 10.1. The van der Waals surface area contributed by atoms with E-state index >= 15 is 0 Å². The Hall–Kier alpha value is -1.44. The van der Waals surface area contributed by atoms with Crippen LogP contribution in [-0.4, -0.2) is 65.7 Å². The molecular formula is C20H28N2O4S. The predicted octanol–water partition coefficient (Wildman–Crippen LogP) is 1.57. The highest BCUT2D eigenvalue weighted by atomic mass is 32.2. The minimum atomic E-state index is -3.27. The molecule has 3 aliphatic rings. The Kier molecular flexibility index (Phi) is 4.81. The van der Waals surface area contributed by atoms with E-state index < -0.39 is 15.6 Å². The average molecular weight is 393 g/mol. The Labute approximate surface area is 161 Å². The second-order valence-electron chi connectivity index (χ2n) is 8.10. The molecular weight excluding hydrogens is 364 g/mol. The lowest BCUT2D eigenvalue weighted by Crippen LogP contribution is -2.86. The van der Waals surface area contributed by atoms with Crippen molar-refractivity contribution in [1.82, 2.24) is 9.21 Å². The van der Waals surface area contributed by atoms with Gasteiger partial charge in [0.15, 0.2) is 0 Å². The van der Waals surface area contributed by atoms with Crippen molar-refractivity contribution in [3.63, 3.8) is 0 Å². The Balaban J connectivity index is 1.67. The van der Waals surface area contributed by atoms with Crippen molar-refractivity contribution in [3.8, 4) is 0 Å². The average Bonchev–Trinajstić information content (AvgIpc) is 3.15. The second-order valence-corrected chi connectivity index (χ2v) is 10.4. The maximum absolute atomic E-state index is 13.3. The van der Waals surface area contributed by atoms with Gasteiger partial charge in [-0.1, -0.05) is 43.2 Å². The molecule has 7 heteroatoms. The summed E-state index contributed by atoms with van der Waals surface area (Å²) < 4.78 is 26.1. The van der Waals surface area contributed by atoms with Crippen LogP contribution in [0.4, 0.5) is 0 Å². The molecule has 27 heavy (non-hydrogen) atoms.